The van der Waals surface area contributed by atoms with Gasteiger partial charge in [-0.15, -0.1) is 0 Å². The molecule has 1 aromatic carbocycles. The Kier molecular flexibility index (Phi) is 8.49. The molecule has 0 heterocycles. The molecule has 1 heteroatoms. The van der Waals surface area contributed by atoms with Crippen LogP contribution in [0.2, 0.25) is 0 Å². The van der Waals surface area contributed by atoms with Gasteiger partial charge in [0.2, 0.25) is 0 Å². The van der Waals surface area contributed by atoms with Gasteiger partial charge in [-0.25, -0.2) is 0 Å². The number of benzene rings is 1. The number of phenols is 1. The maximum Gasteiger partial charge on any atom is 0.115 e. The van der Waals surface area contributed by atoms with Crippen molar-refractivity contribution in [2.75, 3.05) is 0 Å². The first-order valence-corrected chi connectivity index (χ1v) is 8.81. The average Bonchev–Trinajstić information content (AvgIpc) is 2.44. The van der Waals surface area contributed by atoms with Gasteiger partial charge in [-0.2, -0.15) is 0 Å². The third-order valence-corrected chi connectivity index (χ3v) is 4.33. The van der Waals surface area contributed by atoms with Gasteiger partial charge in [0.15, 0.2) is 0 Å². The van der Waals surface area contributed by atoms with Crippen molar-refractivity contribution in [1.82, 2.24) is 0 Å². The van der Waals surface area contributed by atoms with E-state index in [1.807, 2.05) is 12.1 Å². The molecule has 0 bridgehead atoms. The Morgan fingerprint density at radius 1 is 0.810 bits per heavy atom. The van der Waals surface area contributed by atoms with Gasteiger partial charge >= 0.3 is 0 Å². The second kappa shape index (κ2) is 9.87. The summed E-state index contributed by atoms with van der Waals surface area (Å²) in [5.41, 5.74) is 1.69. The summed E-state index contributed by atoms with van der Waals surface area (Å²) >= 11 is 0. The Balaban J connectivity index is 2.13. The van der Waals surface area contributed by atoms with Crippen LogP contribution in [0.1, 0.15) is 84.1 Å². The topological polar surface area (TPSA) is 20.2 Å². The maximum absolute atomic E-state index is 9.33. The fraction of sp³-hybridized carbons (Fsp3) is 0.700. The fourth-order valence-corrected chi connectivity index (χ4v) is 2.99. The van der Waals surface area contributed by atoms with E-state index >= 15 is 0 Å². The van der Waals surface area contributed by atoms with Crippen LogP contribution >= 0.6 is 0 Å². The summed E-state index contributed by atoms with van der Waals surface area (Å²) in [5, 5.41) is 9.33. The van der Waals surface area contributed by atoms with E-state index in [4.69, 9.17) is 0 Å². The fourth-order valence-electron chi connectivity index (χ4n) is 2.99. The van der Waals surface area contributed by atoms with Crippen molar-refractivity contribution in [1.29, 1.82) is 0 Å². The molecule has 0 unspecified atom stereocenters. The number of rotatable bonds is 11. The zero-order valence-corrected chi connectivity index (χ0v) is 14.3. The Bertz CT molecular complexity index is 364. The lowest BCUT2D eigenvalue weighted by Gasteiger charge is -2.24. The Hall–Kier alpha value is -0.980. The Morgan fingerprint density at radius 3 is 1.90 bits per heavy atom. The van der Waals surface area contributed by atoms with E-state index in [1.54, 1.807) is 12.1 Å². The Labute approximate surface area is 131 Å². The molecule has 1 N–H and O–H groups in total. The van der Waals surface area contributed by atoms with Crippen molar-refractivity contribution < 1.29 is 5.11 Å². The van der Waals surface area contributed by atoms with E-state index < -0.39 is 0 Å². The molecule has 0 aliphatic rings. The molecule has 1 rings (SSSR count). The van der Waals surface area contributed by atoms with Gasteiger partial charge in [0.1, 0.15) is 5.75 Å². The SMILES string of the molecule is CCCCCCCCCCC(C)(C)Cc1ccc(O)cc1. The van der Waals surface area contributed by atoms with Crippen molar-refractivity contribution in [2.45, 2.75) is 85.0 Å². The number of hydrogen-bond donors (Lipinski definition) is 1. The third-order valence-electron chi connectivity index (χ3n) is 4.33. The predicted molar refractivity (Wildman–Crippen MR) is 92.8 cm³/mol. The van der Waals surface area contributed by atoms with Crippen LogP contribution in [-0.2, 0) is 6.42 Å². The summed E-state index contributed by atoms with van der Waals surface area (Å²) in [6, 6.07) is 7.68. The minimum Gasteiger partial charge on any atom is -0.508 e. The van der Waals surface area contributed by atoms with Crippen molar-refractivity contribution >= 4 is 0 Å². The molecular formula is C20H34O. The lowest BCUT2D eigenvalue weighted by molar-refractivity contribution is 0.316. The van der Waals surface area contributed by atoms with Gasteiger partial charge in [0.25, 0.3) is 0 Å². The van der Waals surface area contributed by atoms with Crippen LogP contribution in [0.3, 0.4) is 0 Å². The second-order valence-corrected chi connectivity index (χ2v) is 7.23. The van der Waals surface area contributed by atoms with Crippen LogP contribution in [0.5, 0.6) is 5.75 Å². The first-order valence-electron chi connectivity index (χ1n) is 8.81. The van der Waals surface area contributed by atoms with Crippen molar-refractivity contribution in [3.8, 4) is 5.75 Å². The average molecular weight is 290 g/mol. The lowest BCUT2D eigenvalue weighted by atomic mass is 9.81. The lowest BCUT2D eigenvalue weighted by Crippen LogP contribution is -2.14. The van der Waals surface area contributed by atoms with Crippen LogP contribution in [0, 0.1) is 5.41 Å². The molecule has 120 valence electrons. The van der Waals surface area contributed by atoms with Crippen molar-refractivity contribution in [3.05, 3.63) is 29.8 Å². The summed E-state index contributed by atoms with van der Waals surface area (Å²) in [6.45, 7) is 7.00. The normalized spacial score (nSPS) is 11.8. The molecule has 21 heavy (non-hydrogen) atoms. The highest BCUT2D eigenvalue weighted by molar-refractivity contribution is 5.26. The van der Waals surface area contributed by atoms with Gasteiger partial charge in [-0.1, -0.05) is 84.3 Å². The zero-order valence-electron chi connectivity index (χ0n) is 14.3. The molecule has 0 radical (unpaired) electrons. The molecule has 0 aromatic heterocycles. The van der Waals surface area contributed by atoms with E-state index in [9.17, 15) is 5.11 Å². The minimum atomic E-state index is 0.360. The smallest absolute Gasteiger partial charge is 0.115 e. The quantitative estimate of drug-likeness (QED) is 0.462. The van der Waals surface area contributed by atoms with E-state index in [0.29, 0.717) is 11.2 Å². The van der Waals surface area contributed by atoms with E-state index in [2.05, 4.69) is 20.8 Å². The van der Waals surface area contributed by atoms with Crippen LogP contribution < -0.4 is 0 Å². The number of hydrogen-bond acceptors (Lipinski definition) is 1. The predicted octanol–water partition coefficient (Wildman–Crippen LogP) is 6.49. The number of phenolic OH excluding ortho intramolecular Hbond substituents is 1. The molecule has 0 saturated carbocycles. The summed E-state index contributed by atoms with van der Waals surface area (Å²) in [5.74, 6) is 0.361. The zero-order chi connectivity index (χ0) is 15.6. The highest BCUT2D eigenvalue weighted by atomic mass is 16.3. The second-order valence-electron chi connectivity index (χ2n) is 7.23. The van der Waals surface area contributed by atoms with Crippen molar-refractivity contribution in [3.63, 3.8) is 0 Å². The summed E-state index contributed by atoms with van der Waals surface area (Å²) in [4.78, 5) is 0. The highest BCUT2D eigenvalue weighted by Gasteiger charge is 2.17. The van der Waals surface area contributed by atoms with E-state index in [-0.39, 0.29) is 0 Å². The minimum absolute atomic E-state index is 0.360. The molecule has 1 aromatic rings. The number of unbranched alkanes of at least 4 members (excludes halogenated alkanes) is 7. The van der Waals surface area contributed by atoms with Crippen molar-refractivity contribution in [2.24, 2.45) is 5.41 Å². The van der Waals surface area contributed by atoms with Gasteiger partial charge in [0.05, 0.1) is 0 Å². The van der Waals surface area contributed by atoms with Crippen LogP contribution in [-0.4, -0.2) is 5.11 Å². The molecule has 1 nitrogen and oxygen atoms in total. The van der Waals surface area contributed by atoms with Crippen LogP contribution in [0.15, 0.2) is 24.3 Å². The molecule has 0 aliphatic heterocycles. The van der Waals surface area contributed by atoms with Crippen LogP contribution in [0.4, 0.5) is 0 Å². The summed E-state index contributed by atoms with van der Waals surface area (Å²) in [6.07, 6.45) is 13.5. The maximum atomic E-state index is 9.33. The molecule has 0 atom stereocenters. The first kappa shape index (κ1) is 18.1. The Morgan fingerprint density at radius 2 is 1.33 bits per heavy atom. The highest BCUT2D eigenvalue weighted by Crippen LogP contribution is 2.29. The summed E-state index contributed by atoms with van der Waals surface area (Å²) < 4.78 is 0. The molecule has 0 saturated heterocycles. The summed E-state index contributed by atoms with van der Waals surface area (Å²) in [7, 11) is 0. The molecule has 0 spiro atoms. The largest absolute Gasteiger partial charge is 0.508 e. The standard InChI is InChI=1S/C20H34O/c1-4-5-6-7-8-9-10-11-16-20(2,3)17-18-12-14-19(21)15-13-18/h12-15,21H,4-11,16-17H2,1-3H3. The molecular weight excluding hydrogens is 256 g/mol. The van der Waals surface area contributed by atoms with E-state index in [1.165, 1.54) is 63.4 Å². The van der Waals surface area contributed by atoms with Gasteiger partial charge in [-0.05, 0) is 36.0 Å². The van der Waals surface area contributed by atoms with Gasteiger partial charge in [-0.3, -0.25) is 0 Å². The molecule has 0 fully saturated rings. The molecule has 0 amide bonds. The third kappa shape index (κ3) is 8.80. The van der Waals surface area contributed by atoms with Gasteiger partial charge < -0.3 is 5.11 Å². The monoisotopic (exact) mass is 290 g/mol. The van der Waals surface area contributed by atoms with Crippen LogP contribution in [0.25, 0.3) is 0 Å². The van der Waals surface area contributed by atoms with Gasteiger partial charge in [0, 0.05) is 0 Å². The first-order chi connectivity index (χ1) is 10.0. The molecule has 0 aliphatic carbocycles. The number of aromatic hydroxyl groups is 1. The van der Waals surface area contributed by atoms with E-state index in [0.717, 1.165) is 6.42 Å².